The number of nitrogens with zero attached hydrogens (tertiary/aromatic N) is 1. The van der Waals surface area contributed by atoms with Gasteiger partial charge in [-0.15, -0.1) is 0 Å². The summed E-state index contributed by atoms with van der Waals surface area (Å²) in [5.74, 6) is -0.450. The standard InChI is InChI=1S/C16H24F2N2O/c1-12(21)11-20-7-5-13(6-8-20)9-19-10-14-15(17)3-2-4-16(14)18/h2-4,12-13,19,21H,5-11H2,1H3/t12-/m0/s1. The van der Waals surface area contributed by atoms with Gasteiger partial charge in [0.05, 0.1) is 6.10 Å². The van der Waals surface area contributed by atoms with E-state index in [4.69, 9.17) is 0 Å². The molecule has 1 aliphatic heterocycles. The van der Waals surface area contributed by atoms with Crippen molar-refractivity contribution in [3.8, 4) is 0 Å². The Morgan fingerprint density at radius 3 is 2.48 bits per heavy atom. The molecule has 1 fully saturated rings. The Labute approximate surface area is 125 Å². The van der Waals surface area contributed by atoms with Gasteiger partial charge in [0, 0.05) is 18.7 Å². The Balaban J connectivity index is 1.71. The number of nitrogens with one attached hydrogen (secondary N) is 1. The molecule has 21 heavy (non-hydrogen) atoms. The van der Waals surface area contributed by atoms with Crippen LogP contribution in [-0.2, 0) is 6.54 Å². The van der Waals surface area contributed by atoms with Crippen LogP contribution in [0.25, 0.3) is 0 Å². The van der Waals surface area contributed by atoms with E-state index < -0.39 is 11.6 Å². The maximum Gasteiger partial charge on any atom is 0.130 e. The molecule has 0 amide bonds. The summed E-state index contributed by atoms with van der Waals surface area (Å²) in [7, 11) is 0. The molecule has 0 bridgehead atoms. The molecule has 2 N–H and O–H groups in total. The molecule has 1 heterocycles. The number of β-amino-alcohol motifs (C(OH)–C–C–N with tert-alkyl or cyclic N) is 1. The van der Waals surface area contributed by atoms with Gasteiger partial charge in [-0.3, -0.25) is 0 Å². The third-order valence-corrected chi connectivity index (χ3v) is 4.03. The van der Waals surface area contributed by atoms with Crippen molar-refractivity contribution in [1.82, 2.24) is 10.2 Å². The first-order chi connectivity index (χ1) is 10.1. The van der Waals surface area contributed by atoms with Crippen LogP contribution in [-0.4, -0.2) is 42.3 Å². The third-order valence-electron chi connectivity index (χ3n) is 4.03. The van der Waals surface area contributed by atoms with E-state index in [2.05, 4.69) is 10.2 Å². The predicted octanol–water partition coefficient (Wildman–Crippen LogP) is 2.15. The van der Waals surface area contributed by atoms with Gasteiger partial charge in [0.25, 0.3) is 0 Å². The number of aliphatic hydroxyl groups excluding tert-OH is 1. The predicted molar refractivity (Wildman–Crippen MR) is 78.9 cm³/mol. The van der Waals surface area contributed by atoms with Gasteiger partial charge in [-0.25, -0.2) is 8.78 Å². The molecule has 0 saturated carbocycles. The van der Waals surface area contributed by atoms with Crippen LogP contribution >= 0.6 is 0 Å². The molecule has 0 aromatic heterocycles. The lowest BCUT2D eigenvalue weighted by atomic mass is 9.96. The molecule has 0 spiro atoms. The fourth-order valence-corrected chi connectivity index (χ4v) is 2.85. The van der Waals surface area contributed by atoms with Crippen LogP contribution in [0.5, 0.6) is 0 Å². The Kier molecular flexibility index (Phi) is 6.08. The Morgan fingerprint density at radius 1 is 1.29 bits per heavy atom. The Morgan fingerprint density at radius 2 is 1.90 bits per heavy atom. The van der Waals surface area contributed by atoms with E-state index in [-0.39, 0.29) is 18.2 Å². The Hall–Kier alpha value is -1.04. The van der Waals surface area contributed by atoms with Crippen LogP contribution in [0.2, 0.25) is 0 Å². The minimum atomic E-state index is -0.491. The van der Waals surface area contributed by atoms with Gasteiger partial charge in [-0.05, 0) is 57.5 Å². The monoisotopic (exact) mass is 298 g/mol. The van der Waals surface area contributed by atoms with Crippen molar-refractivity contribution in [2.24, 2.45) is 5.92 Å². The van der Waals surface area contributed by atoms with Crippen molar-refractivity contribution in [3.63, 3.8) is 0 Å². The maximum absolute atomic E-state index is 13.5. The molecule has 0 unspecified atom stereocenters. The lowest BCUT2D eigenvalue weighted by molar-refractivity contribution is 0.0998. The average Bonchev–Trinajstić information content (AvgIpc) is 2.43. The van der Waals surface area contributed by atoms with E-state index in [1.807, 2.05) is 0 Å². The number of rotatable bonds is 6. The summed E-state index contributed by atoms with van der Waals surface area (Å²) in [6.07, 6.45) is 1.82. The zero-order valence-corrected chi connectivity index (χ0v) is 12.5. The molecule has 1 atom stereocenters. The van der Waals surface area contributed by atoms with Gasteiger partial charge in [0.2, 0.25) is 0 Å². The first kappa shape index (κ1) is 16.3. The highest BCUT2D eigenvalue weighted by Gasteiger charge is 2.19. The first-order valence-electron chi connectivity index (χ1n) is 7.60. The smallest absolute Gasteiger partial charge is 0.130 e. The van der Waals surface area contributed by atoms with Crippen molar-refractivity contribution in [3.05, 3.63) is 35.4 Å². The van der Waals surface area contributed by atoms with E-state index in [0.717, 1.165) is 39.0 Å². The molecule has 2 rings (SSSR count). The van der Waals surface area contributed by atoms with Crippen molar-refractivity contribution < 1.29 is 13.9 Å². The van der Waals surface area contributed by atoms with Gasteiger partial charge in [0.15, 0.2) is 0 Å². The number of aliphatic hydroxyl groups is 1. The summed E-state index contributed by atoms with van der Waals surface area (Å²) >= 11 is 0. The van der Waals surface area contributed by atoms with Gasteiger partial charge in [-0.2, -0.15) is 0 Å². The average molecular weight is 298 g/mol. The summed E-state index contributed by atoms with van der Waals surface area (Å²) in [6, 6.07) is 3.95. The SMILES string of the molecule is C[C@H](O)CN1CCC(CNCc2c(F)cccc2F)CC1. The van der Waals surface area contributed by atoms with E-state index in [0.29, 0.717) is 5.92 Å². The van der Waals surface area contributed by atoms with Crippen LogP contribution < -0.4 is 5.32 Å². The molecule has 1 aromatic carbocycles. The second-order valence-corrected chi connectivity index (χ2v) is 5.92. The summed E-state index contributed by atoms with van der Waals surface area (Å²) in [5, 5.41) is 12.5. The van der Waals surface area contributed by atoms with E-state index >= 15 is 0 Å². The van der Waals surface area contributed by atoms with Gasteiger partial charge < -0.3 is 15.3 Å². The topological polar surface area (TPSA) is 35.5 Å². The maximum atomic E-state index is 13.5. The molecule has 0 radical (unpaired) electrons. The highest BCUT2D eigenvalue weighted by molar-refractivity contribution is 5.19. The lowest BCUT2D eigenvalue weighted by Crippen LogP contribution is -2.40. The van der Waals surface area contributed by atoms with Crippen molar-refractivity contribution in [1.29, 1.82) is 0 Å². The minimum Gasteiger partial charge on any atom is -0.392 e. The fourth-order valence-electron chi connectivity index (χ4n) is 2.85. The van der Waals surface area contributed by atoms with E-state index in [1.54, 1.807) is 6.92 Å². The van der Waals surface area contributed by atoms with Crippen LogP contribution in [0.15, 0.2) is 18.2 Å². The molecule has 3 nitrogen and oxygen atoms in total. The van der Waals surface area contributed by atoms with Crippen LogP contribution in [0, 0.1) is 17.6 Å². The number of benzene rings is 1. The molecule has 1 aromatic rings. The number of likely N-dealkylation sites (tertiary alicyclic amines) is 1. The fraction of sp³-hybridized carbons (Fsp3) is 0.625. The van der Waals surface area contributed by atoms with E-state index in [9.17, 15) is 13.9 Å². The summed E-state index contributed by atoms with van der Waals surface area (Å²) in [6.45, 7) is 5.48. The Bertz CT molecular complexity index is 426. The number of hydrogen-bond donors (Lipinski definition) is 2. The number of halogens is 2. The van der Waals surface area contributed by atoms with E-state index in [1.165, 1.54) is 18.2 Å². The summed E-state index contributed by atoms with van der Waals surface area (Å²) < 4.78 is 27.0. The van der Waals surface area contributed by atoms with Gasteiger partial charge in [0.1, 0.15) is 11.6 Å². The molecular formula is C16H24F2N2O. The van der Waals surface area contributed by atoms with Crippen LogP contribution in [0.4, 0.5) is 8.78 Å². The molecular weight excluding hydrogens is 274 g/mol. The highest BCUT2D eigenvalue weighted by Crippen LogP contribution is 2.17. The molecule has 1 aliphatic rings. The van der Waals surface area contributed by atoms with Gasteiger partial charge in [-0.1, -0.05) is 6.07 Å². The highest BCUT2D eigenvalue weighted by atomic mass is 19.1. The first-order valence-corrected chi connectivity index (χ1v) is 7.60. The summed E-state index contributed by atoms with van der Waals surface area (Å²) in [5.41, 5.74) is 0.115. The number of hydrogen-bond acceptors (Lipinski definition) is 3. The quantitative estimate of drug-likeness (QED) is 0.845. The molecule has 118 valence electrons. The van der Waals surface area contributed by atoms with Crippen LogP contribution in [0.1, 0.15) is 25.3 Å². The second-order valence-electron chi connectivity index (χ2n) is 5.92. The number of piperidine rings is 1. The third kappa shape index (κ3) is 5.02. The second kappa shape index (κ2) is 7.82. The van der Waals surface area contributed by atoms with Crippen molar-refractivity contribution in [2.45, 2.75) is 32.4 Å². The van der Waals surface area contributed by atoms with Crippen LogP contribution in [0.3, 0.4) is 0 Å². The molecule has 5 heteroatoms. The molecule has 0 aliphatic carbocycles. The zero-order chi connectivity index (χ0) is 15.2. The van der Waals surface area contributed by atoms with Gasteiger partial charge >= 0.3 is 0 Å². The van der Waals surface area contributed by atoms with Crippen molar-refractivity contribution in [2.75, 3.05) is 26.2 Å². The minimum absolute atomic E-state index is 0.115. The summed E-state index contributed by atoms with van der Waals surface area (Å²) in [4.78, 5) is 2.26. The normalized spacial score (nSPS) is 18.9. The van der Waals surface area contributed by atoms with Crippen molar-refractivity contribution >= 4 is 0 Å². The largest absolute Gasteiger partial charge is 0.392 e. The molecule has 1 saturated heterocycles. The lowest BCUT2D eigenvalue weighted by Gasteiger charge is -2.32. The zero-order valence-electron chi connectivity index (χ0n) is 12.5.